The number of nitrogens with one attached hydrogen (secondary N) is 1. The van der Waals surface area contributed by atoms with Gasteiger partial charge in [0.2, 0.25) is 0 Å². The molecule has 0 atom stereocenters. The number of aryl methyl sites for hydroxylation is 1. The molecule has 2 aromatic carbocycles. The fourth-order valence-corrected chi connectivity index (χ4v) is 5.91. The summed E-state index contributed by atoms with van der Waals surface area (Å²) in [6.07, 6.45) is 6.86. The van der Waals surface area contributed by atoms with Crippen molar-refractivity contribution >= 4 is 17.5 Å². The van der Waals surface area contributed by atoms with Crippen LogP contribution in [0.1, 0.15) is 52.9 Å². The predicted molar refractivity (Wildman–Crippen MR) is 135 cm³/mol. The summed E-state index contributed by atoms with van der Waals surface area (Å²) in [5.74, 6) is -0.517. The van der Waals surface area contributed by atoms with Crippen molar-refractivity contribution in [2.24, 2.45) is 5.41 Å². The number of halogens is 2. The molecule has 5 nitrogen and oxygen atoms in total. The van der Waals surface area contributed by atoms with Crippen molar-refractivity contribution in [3.8, 4) is 11.3 Å². The highest BCUT2D eigenvalue weighted by atomic mass is 35.5. The molecule has 0 radical (unpaired) electrons. The van der Waals surface area contributed by atoms with Gasteiger partial charge in [-0.05, 0) is 93.8 Å². The number of hydrogen-bond donors (Lipinski definition) is 1. The molecule has 1 spiro atoms. The molecule has 3 aromatic rings. The van der Waals surface area contributed by atoms with Crippen molar-refractivity contribution in [1.29, 1.82) is 0 Å². The average molecular weight is 496 g/mol. The van der Waals surface area contributed by atoms with Gasteiger partial charge in [0.05, 0.1) is 10.6 Å². The lowest BCUT2D eigenvalue weighted by Crippen LogP contribution is -2.41. The van der Waals surface area contributed by atoms with E-state index < -0.39 is 5.82 Å². The Morgan fingerprint density at radius 1 is 1.11 bits per heavy atom. The summed E-state index contributed by atoms with van der Waals surface area (Å²) in [4.78, 5) is 15.4. The summed E-state index contributed by atoms with van der Waals surface area (Å²) in [5, 5.41) is 7.04. The van der Waals surface area contributed by atoms with Crippen LogP contribution in [0.3, 0.4) is 0 Å². The highest BCUT2D eigenvalue weighted by Gasteiger charge is 2.39. The average Bonchev–Trinajstić information content (AvgIpc) is 3.40. The number of benzene rings is 2. The fraction of sp³-hybridized carbons (Fsp3) is 0.429. The van der Waals surface area contributed by atoms with Crippen molar-refractivity contribution in [2.75, 3.05) is 26.2 Å². The zero-order chi connectivity index (χ0) is 24.4. The molecule has 0 unspecified atom stereocenters. The Balaban J connectivity index is 1.08. The second-order valence-electron chi connectivity index (χ2n) is 9.99. The van der Waals surface area contributed by atoms with Crippen LogP contribution in [0.15, 0.2) is 47.0 Å². The van der Waals surface area contributed by atoms with Gasteiger partial charge in [0.1, 0.15) is 22.8 Å². The first kappa shape index (κ1) is 24.0. The first-order chi connectivity index (χ1) is 17.0. The van der Waals surface area contributed by atoms with Crippen molar-refractivity contribution in [3.05, 3.63) is 75.8 Å². The molecule has 1 saturated heterocycles. The summed E-state index contributed by atoms with van der Waals surface area (Å²) in [6, 6.07) is 13.3. The van der Waals surface area contributed by atoms with E-state index in [1.807, 2.05) is 0 Å². The van der Waals surface area contributed by atoms with Crippen LogP contribution in [0.4, 0.5) is 4.39 Å². The van der Waals surface area contributed by atoms with Crippen molar-refractivity contribution in [3.63, 3.8) is 0 Å². The summed E-state index contributed by atoms with van der Waals surface area (Å²) < 4.78 is 19.6. The molecule has 1 aliphatic heterocycles. The third kappa shape index (κ3) is 5.00. The normalized spacial score (nSPS) is 17.0. The van der Waals surface area contributed by atoms with Crippen molar-refractivity contribution in [2.45, 2.75) is 45.4 Å². The maximum atomic E-state index is 14.4. The Hall–Kier alpha value is -2.70. The highest BCUT2D eigenvalue weighted by molar-refractivity contribution is 6.33. The second-order valence-corrected chi connectivity index (χ2v) is 10.4. The standard InChI is InChI=1S/C28H31ClFN3O2/c1-19-24(26(32-35-19)25-22(29)9-6-10-23(25)30)27(34)31-13-4-5-14-33-15-11-28(12-16-33)17-20-7-2-3-8-21(20)18-28/h2-3,6-10H,4-5,11-18H2,1H3,(H,31,34). The van der Waals surface area contributed by atoms with Gasteiger partial charge in [-0.15, -0.1) is 0 Å². The maximum absolute atomic E-state index is 14.4. The van der Waals surface area contributed by atoms with Crippen molar-refractivity contribution < 1.29 is 13.7 Å². The number of rotatable bonds is 7. The predicted octanol–water partition coefficient (Wildman–Crippen LogP) is 5.83. The molecule has 0 bridgehead atoms. The van der Waals surface area contributed by atoms with Crippen molar-refractivity contribution in [1.82, 2.24) is 15.4 Å². The molecule has 184 valence electrons. The highest BCUT2D eigenvalue weighted by Crippen LogP contribution is 2.44. The summed E-state index contributed by atoms with van der Waals surface area (Å²) in [6.45, 7) is 5.52. The summed E-state index contributed by atoms with van der Waals surface area (Å²) in [7, 11) is 0. The van der Waals surface area contributed by atoms with Crippen LogP contribution in [-0.2, 0) is 12.8 Å². The molecule has 2 heterocycles. The van der Waals surface area contributed by atoms with Gasteiger partial charge in [0.15, 0.2) is 0 Å². The number of aromatic nitrogens is 1. The number of fused-ring (bicyclic) bond motifs is 1. The quantitative estimate of drug-likeness (QED) is 0.419. The van der Waals surface area contributed by atoms with E-state index in [4.69, 9.17) is 16.1 Å². The maximum Gasteiger partial charge on any atom is 0.257 e. The van der Waals surface area contributed by atoms with Gasteiger partial charge in [-0.1, -0.05) is 47.1 Å². The molecule has 1 aromatic heterocycles. The molecule has 5 rings (SSSR count). The smallest absolute Gasteiger partial charge is 0.257 e. The SMILES string of the molecule is Cc1onc(-c2c(F)cccc2Cl)c1C(=O)NCCCCN1CCC2(CC1)Cc1ccccc1C2. The molecule has 1 fully saturated rings. The number of carbonyl (C=O) groups excluding carboxylic acids is 1. The number of unbranched alkanes of at least 4 members (excludes halogenated alkanes) is 1. The third-order valence-corrected chi connectivity index (χ3v) is 7.96. The number of nitrogens with zero attached hydrogens (tertiary/aromatic N) is 2. The van der Waals surface area contributed by atoms with E-state index in [2.05, 4.69) is 39.6 Å². The molecule has 1 amide bonds. The molecule has 0 saturated carbocycles. The molecule has 1 N–H and O–H groups in total. The van der Waals surface area contributed by atoms with Crippen LogP contribution >= 0.6 is 11.6 Å². The van der Waals surface area contributed by atoms with E-state index >= 15 is 0 Å². The van der Waals surface area contributed by atoms with Gasteiger partial charge in [-0.3, -0.25) is 4.79 Å². The van der Waals surface area contributed by atoms with E-state index in [0.29, 0.717) is 17.7 Å². The fourth-order valence-electron chi connectivity index (χ4n) is 5.66. The van der Waals surface area contributed by atoms with Crippen LogP contribution in [0.25, 0.3) is 11.3 Å². The Kier molecular flexibility index (Phi) is 6.94. The lowest BCUT2D eigenvalue weighted by molar-refractivity contribution is 0.0947. The summed E-state index contributed by atoms with van der Waals surface area (Å²) in [5.41, 5.74) is 4.00. The first-order valence-electron chi connectivity index (χ1n) is 12.4. The largest absolute Gasteiger partial charge is 0.360 e. The van der Waals surface area contributed by atoms with E-state index in [1.165, 1.54) is 37.8 Å². The Labute approximate surface area is 210 Å². The zero-order valence-corrected chi connectivity index (χ0v) is 20.8. The molecule has 35 heavy (non-hydrogen) atoms. The first-order valence-corrected chi connectivity index (χ1v) is 12.8. The number of carbonyl (C=O) groups is 1. The minimum atomic E-state index is -0.537. The van der Waals surface area contributed by atoms with E-state index in [9.17, 15) is 9.18 Å². The van der Waals surface area contributed by atoms with Crippen LogP contribution in [0, 0.1) is 18.2 Å². The van der Waals surface area contributed by atoms with Crippen LogP contribution in [-0.4, -0.2) is 42.1 Å². The van der Waals surface area contributed by atoms with Crippen LogP contribution in [0.5, 0.6) is 0 Å². The van der Waals surface area contributed by atoms with Gasteiger partial charge in [0.25, 0.3) is 5.91 Å². The number of hydrogen-bond acceptors (Lipinski definition) is 4. The van der Waals surface area contributed by atoms with Gasteiger partial charge >= 0.3 is 0 Å². The van der Waals surface area contributed by atoms with Gasteiger partial charge in [0, 0.05) is 6.54 Å². The molecule has 2 aliphatic rings. The van der Waals surface area contributed by atoms with Gasteiger partial charge < -0.3 is 14.7 Å². The van der Waals surface area contributed by atoms with Gasteiger partial charge in [-0.2, -0.15) is 0 Å². The number of likely N-dealkylation sites (tertiary alicyclic amines) is 1. The molecular formula is C28H31ClFN3O2. The Morgan fingerprint density at radius 2 is 1.83 bits per heavy atom. The van der Waals surface area contributed by atoms with Gasteiger partial charge in [-0.25, -0.2) is 4.39 Å². The van der Waals surface area contributed by atoms with Crippen LogP contribution in [0.2, 0.25) is 5.02 Å². The van der Waals surface area contributed by atoms with E-state index in [-0.39, 0.29) is 27.8 Å². The molecule has 1 aliphatic carbocycles. The minimum absolute atomic E-state index is 0.0874. The minimum Gasteiger partial charge on any atom is -0.360 e. The second kappa shape index (κ2) is 10.1. The molecule has 7 heteroatoms. The van der Waals surface area contributed by atoms with E-state index in [1.54, 1.807) is 24.1 Å². The number of amides is 1. The lowest BCUT2D eigenvalue weighted by atomic mass is 9.76. The van der Waals surface area contributed by atoms with E-state index in [0.717, 1.165) is 32.5 Å². The summed E-state index contributed by atoms with van der Waals surface area (Å²) >= 11 is 6.17. The van der Waals surface area contributed by atoms with Crippen LogP contribution < -0.4 is 5.32 Å². The molecular weight excluding hydrogens is 465 g/mol. The topological polar surface area (TPSA) is 58.4 Å². The Bertz CT molecular complexity index is 1170. The monoisotopic (exact) mass is 495 g/mol. The number of piperidine rings is 1. The zero-order valence-electron chi connectivity index (χ0n) is 20.1. The Morgan fingerprint density at radius 3 is 2.51 bits per heavy atom. The third-order valence-electron chi connectivity index (χ3n) is 7.64. The lowest BCUT2D eigenvalue weighted by Gasteiger charge is -2.39.